The molecule has 1 aliphatic rings. The van der Waals surface area contributed by atoms with E-state index in [9.17, 15) is 5.11 Å². The van der Waals surface area contributed by atoms with Gasteiger partial charge < -0.3 is 20.7 Å². The largest absolute Gasteiger partial charge is 0.506 e. The lowest BCUT2D eigenvalue weighted by molar-refractivity contribution is 0.477. The predicted octanol–water partition coefficient (Wildman–Crippen LogP) is 2.25. The summed E-state index contributed by atoms with van der Waals surface area (Å²) in [6.45, 7) is 1.06. The first-order valence-electron chi connectivity index (χ1n) is 6.57. The second kappa shape index (κ2) is 4.93. The highest BCUT2D eigenvalue weighted by molar-refractivity contribution is 5.69. The quantitative estimate of drug-likeness (QED) is 0.637. The SMILES string of the molecule is CNc1cc(-c2cnc([C@@H]3CCCN3)[nH]2)ccc1O. The lowest BCUT2D eigenvalue weighted by Crippen LogP contribution is -2.14. The van der Waals surface area contributed by atoms with Crippen LogP contribution in [0.25, 0.3) is 11.3 Å². The highest BCUT2D eigenvalue weighted by Gasteiger charge is 2.19. The summed E-state index contributed by atoms with van der Waals surface area (Å²) in [6, 6.07) is 5.83. The first-order chi connectivity index (χ1) is 9.28. The molecule has 0 spiro atoms. The van der Waals surface area contributed by atoms with Crippen molar-refractivity contribution in [2.75, 3.05) is 18.9 Å². The van der Waals surface area contributed by atoms with Gasteiger partial charge in [-0.1, -0.05) is 0 Å². The highest BCUT2D eigenvalue weighted by atomic mass is 16.3. The van der Waals surface area contributed by atoms with Gasteiger partial charge in [0.05, 0.1) is 23.6 Å². The van der Waals surface area contributed by atoms with Crippen LogP contribution in [0.3, 0.4) is 0 Å². The second-order valence-electron chi connectivity index (χ2n) is 4.81. The Morgan fingerprint density at radius 3 is 3.05 bits per heavy atom. The average molecular weight is 258 g/mol. The standard InChI is InChI=1S/C14H18N4O/c1-15-11-7-9(4-5-13(11)19)12-8-17-14(18-12)10-3-2-6-16-10/h4-5,7-8,10,15-16,19H,2-3,6H2,1H3,(H,17,18)/t10-/m0/s1. The van der Waals surface area contributed by atoms with Crippen LogP contribution in [0.4, 0.5) is 5.69 Å². The van der Waals surface area contributed by atoms with Gasteiger partial charge in [-0.3, -0.25) is 0 Å². The van der Waals surface area contributed by atoms with E-state index in [-0.39, 0.29) is 5.75 Å². The van der Waals surface area contributed by atoms with Crippen LogP contribution >= 0.6 is 0 Å². The Morgan fingerprint density at radius 2 is 2.32 bits per heavy atom. The molecule has 4 N–H and O–H groups in total. The van der Waals surface area contributed by atoms with Gasteiger partial charge in [-0.05, 0) is 37.6 Å². The molecule has 2 aromatic rings. The minimum atomic E-state index is 0.253. The third kappa shape index (κ3) is 2.29. The van der Waals surface area contributed by atoms with Crippen molar-refractivity contribution in [1.29, 1.82) is 0 Å². The molecule has 0 amide bonds. The van der Waals surface area contributed by atoms with Gasteiger partial charge >= 0.3 is 0 Å². The monoisotopic (exact) mass is 258 g/mol. The van der Waals surface area contributed by atoms with Crippen LogP contribution < -0.4 is 10.6 Å². The molecule has 1 fully saturated rings. The number of rotatable bonds is 3. The molecule has 5 nitrogen and oxygen atoms in total. The van der Waals surface area contributed by atoms with E-state index >= 15 is 0 Å². The zero-order chi connectivity index (χ0) is 13.2. The Balaban J connectivity index is 1.89. The molecule has 3 rings (SSSR count). The number of nitrogens with one attached hydrogen (secondary N) is 3. The highest BCUT2D eigenvalue weighted by Crippen LogP contribution is 2.29. The van der Waals surface area contributed by atoms with E-state index in [2.05, 4.69) is 20.6 Å². The average Bonchev–Trinajstić information content (AvgIpc) is 3.10. The molecule has 0 bridgehead atoms. The number of hydrogen-bond donors (Lipinski definition) is 4. The third-order valence-electron chi connectivity index (χ3n) is 3.56. The summed E-state index contributed by atoms with van der Waals surface area (Å²) in [7, 11) is 1.79. The van der Waals surface area contributed by atoms with Crippen molar-refractivity contribution in [1.82, 2.24) is 15.3 Å². The minimum Gasteiger partial charge on any atom is -0.506 e. The second-order valence-corrected chi connectivity index (χ2v) is 4.81. The van der Waals surface area contributed by atoms with Crippen LogP contribution in [0.5, 0.6) is 5.75 Å². The van der Waals surface area contributed by atoms with Gasteiger partial charge in [-0.2, -0.15) is 0 Å². The molecule has 0 aliphatic carbocycles. The summed E-state index contributed by atoms with van der Waals surface area (Å²) < 4.78 is 0. The molecule has 1 aromatic heterocycles. The van der Waals surface area contributed by atoms with Crippen molar-refractivity contribution in [3.8, 4) is 17.0 Å². The fraction of sp³-hybridized carbons (Fsp3) is 0.357. The zero-order valence-electron chi connectivity index (χ0n) is 10.9. The first-order valence-corrected chi connectivity index (χ1v) is 6.57. The molecule has 0 saturated carbocycles. The van der Waals surface area contributed by atoms with Crippen molar-refractivity contribution in [2.45, 2.75) is 18.9 Å². The molecule has 19 heavy (non-hydrogen) atoms. The van der Waals surface area contributed by atoms with Gasteiger partial charge in [0.2, 0.25) is 0 Å². The van der Waals surface area contributed by atoms with Crippen molar-refractivity contribution in [2.24, 2.45) is 0 Å². The number of H-pyrrole nitrogens is 1. The summed E-state index contributed by atoms with van der Waals surface area (Å²) in [5.41, 5.74) is 2.70. The Labute approximate surface area is 112 Å². The maximum Gasteiger partial charge on any atom is 0.138 e. The number of benzene rings is 1. The van der Waals surface area contributed by atoms with Crippen molar-refractivity contribution >= 4 is 5.69 Å². The molecule has 5 heteroatoms. The van der Waals surface area contributed by atoms with Gasteiger partial charge in [-0.15, -0.1) is 0 Å². The molecule has 1 aromatic carbocycles. The van der Waals surface area contributed by atoms with Crippen LogP contribution in [0.15, 0.2) is 24.4 Å². The first kappa shape index (κ1) is 12.0. The smallest absolute Gasteiger partial charge is 0.138 e. The van der Waals surface area contributed by atoms with Gasteiger partial charge in [0.25, 0.3) is 0 Å². The van der Waals surface area contributed by atoms with Gasteiger partial charge in [0.1, 0.15) is 11.6 Å². The van der Waals surface area contributed by atoms with Gasteiger partial charge in [0, 0.05) is 12.6 Å². The molecular weight excluding hydrogens is 240 g/mol. The van der Waals surface area contributed by atoms with Crippen molar-refractivity contribution in [3.05, 3.63) is 30.2 Å². The Morgan fingerprint density at radius 1 is 1.42 bits per heavy atom. The summed E-state index contributed by atoms with van der Waals surface area (Å²) >= 11 is 0. The molecule has 1 saturated heterocycles. The van der Waals surface area contributed by atoms with Crippen LogP contribution in [0.1, 0.15) is 24.7 Å². The molecule has 1 atom stereocenters. The summed E-state index contributed by atoms with van der Waals surface area (Å²) in [5.74, 6) is 1.25. The van der Waals surface area contributed by atoms with Gasteiger partial charge in [-0.25, -0.2) is 4.98 Å². The lowest BCUT2D eigenvalue weighted by Gasteiger charge is -2.07. The molecule has 0 unspecified atom stereocenters. The number of phenols is 1. The Kier molecular flexibility index (Phi) is 3.13. The van der Waals surface area contributed by atoms with E-state index in [1.54, 1.807) is 13.1 Å². The molecule has 1 aliphatic heterocycles. The minimum absolute atomic E-state index is 0.253. The fourth-order valence-corrected chi connectivity index (χ4v) is 2.48. The third-order valence-corrected chi connectivity index (χ3v) is 3.56. The van der Waals surface area contributed by atoms with Crippen LogP contribution in [0.2, 0.25) is 0 Å². The summed E-state index contributed by atoms with van der Waals surface area (Å²) in [4.78, 5) is 7.81. The van der Waals surface area contributed by atoms with Crippen molar-refractivity contribution in [3.63, 3.8) is 0 Å². The van der Waals surface area contributed by atoms with E-state index in [0.717, 1.165) is 30.0 Å². The maximum atomic E-state index is 9.66. The summed E-state index contributed by atoms with van der Waals surface area (Å²) in [6.07, 6.45) is 4.18. The number of aromatic nitrogens is 2. The molecule has 2 heterocycles. The normalized spacial score (nSPS) is 18.7. The molecule has 100 valence electrons. The van der Waals surface area contributed by atoms with Crippen LogP contribution in [0, 0.1) is 0 Å². The molecule has 0 radical (unpaired) electrons. The number of imidazole rings is 1. The topological polar surface area (TPSA) is 73.0 Å². The van der Waals surface area contributed by atoms with Gasteiger partial charge in [0.15, 0.2) is 0 Å². The fourth-order valence-electron chi connectivity index (χ4n) is 2.48. The number of anilines is 1. The predicted molar refractivity (Wildman–Crippen MR) is 75.2 cm³/mol. The lowest BCUT2D eigenvalue weighted by atomic mass is 10.1. The van der Waals surface area contributed by atoms with Crippen LogP contribution in [-0.4, -0.2) is 28.7 Å². The van der Waals surface area contributed by atoms with E-state index in [1.165, 1.54) is 6.42 Å². The number of phenolic OH excluding ortho intramolecular Hbond substituents is 1. The van der Waals surface area contributed by atoms with E-state index in [0.29, 0.717) is 11.7 Å². The van der Waals surface area contributed by atoms with Crippen LogP contribution in [-0.2, 0) is 0 Å². The Hall–Kier alpha value is -2.01. The number of aromatic hydroxyl groups is 1. The zero-order valence-corrected chi connectivity index (χ0v) is 10.9. The number of aromatic amines is 1. The maximum absolute atomic E-state index is 9.66. The molecular formula is C14H18N4O. The number of nitrogens with zero attached hydrogens (tertiary/aromatic N) is 1. The van der Waals surface area contributed by atoms with E-state index < -0.39 is 0 Å². The van der Waals surface area contributed by atoms with E-state index in [4.69, 9.17) is 0 Å². The summed E-state index contributed by atoms with van der Waals surface area (Å²) in [5, 5.41) is 16.1. The van der Waals surface area contributed by atoms with E-state index in [1.807, 2.05) is 18.3 Å². The van der Waals surface area contributed by atoms with Crippen molar-refractivity contribution < 1.29 is 5.11 Å². The number of hydrogen-bond acceptors (Lipinski definition) is 4. The Bertz CT molecular complexity index is 573.